The fourth-order valence-electron chi connectivity index (χ4n) is 3.87. The van der Waals surface area contributed by atoms with E-state index in [1.54, 1.807) is 37.4 Å². The second-order valence-electron chi connectivity index (χ2n) is 7.90. The van der Waals surface area contributed by atoms with Crippen molar-refractivity contribution in [3.8, 4) is 17.6 Å². The highest BCUT2D eigenvalue weighted by Crippen LogP contribution is 2.28. The lowest BCUT2D eigenvalue weighted by Crippen LogP contribution is -2.35. The monoisotopic (exact) mass is 445 g/mol. The number of hydrogen-bond acceptors (Lipinski definition) is 3. The van der Waals surface area contributed by atoms with Gasteiger partial charge in [0.25, 0.3) is 11.8 Å². The van der Waals surface area contributed by atoms with Crippen LogP contribution in [0.15, 0.2) is 97.3 Å². The van der Waals surface area contributed by atoms with E-state index in [9.17, 15) is 9.59 Å². The highest BCUT2D eigenvalue weighted by atomic mass is 16.5. The number of carbonyl (C=O) groups is 2. The van der Waals surface area contributed by atoms with Crippen LogP contribution in [0.5, 0.6) is 5.75 Å². The Morgan fingerprint density at radius 3 is 2.12 bits per heavy atom. The fourth-order valence-corrected chi connectivity index (χ4v) is 3.87. The van der Waals surface area contributed by atoms with Gasteiger partial charge in [-0.25, -0.2) is 9.47 Å². The molecule has 0 unspecified atom stereocenters. The second-order valence-corrected chi connectivity index (χ2v) is 7.90. The van der Waals surface area contributed by atoms with Crippen molar-refractivity contribution in [1.82, 2.24) is 0 Å². The molecule has 1 aromatic heterocycles. The Labute approximate surface area is 197 Å². The molecule has 5 nitrogen and oxygen atoms in total. The van der Waals surface area contributed by atoms with E-state index in [0.717, 1.165) is 11.3 Å². The standard InChI is InChI=1S/C29H21N2O3/c1-34-25-12-9-21(10-13-25)7-8-22-11-14-26-27(19-22)29(33)31(28(26)32)24-15-17-30(18-16-24)20-23-5-3-2-4-6-23/h2-6,9-19H,20H2,1H3/q+1. The topological polar surface area (TPSA) is 50.5 Å². The van der Waals surface area contributed by atoms with Gasteiger partial charge in [0.1, 0.15) is 5.75 Å². The van der Waals surface area contributed by atoms with Gasteiger partial charge < -0.3 is 4.74 Å². The molecule has 5 rings (SSSR count). The minimum absolute atomic E-state index is 0.324. The van der Waals surface area contributed by atoms with Crippen molar-refractivity contribution >= 4 is 17.5 Å². The zero-order valence-corrected chi connectivity index (χ0v) is 18.6. The van der Waals surface area contributed by atoms with E-state index in [2.05, 4.69) is 24.0 Å². The van der Waals surface area contributed by atoms with E-state index in [-0.39, 0.29) is 11.8 Å². The number of benzene rings is 3. The van der Waals surface area contributed by atoms with Gasteiger partial charge in [0.2, 0.25) is 0 Å². The molecule has 1 aliphatic heterocycles. The van der Waals surface area contributed by atoms with Gasteiger partial charge in [-0.2, -0.15) is 0 Å². The van der Waals surface area contributed by atoms with Crippen molar-refractivity contribution in [2.75, 3.05) is 12.0 Å². The lowest BCUT2D eigenvalue weighted by molar-refractivity contribution is -0.688. The van der Waals surface area contributed by atoms with Crippen LogP contribution in [0.1, 0.15) is 37.4 Å². The molecule has 2 amide bonds. The smallest absolute Gasteiger partial charge is 0.266 e. The van der Waals surface area contributed by atoms with Crippen LogP contribution in [0.3, 0.4) is 0 Å². The van der Waals surface area contributed by atoms with Crippen LogP contribution < -0.4 is 14.2 Å². The summed E-state index contributed by atoms with van der Waals surface area (Å²) in [6, 6.07) is 26.2. The van der Waals surface area contributed by atoms with Crippen LogP contribution in [0, 0.1) is 11.8 Å². The number of fused-ring (bicyclic) bond motifs is 1. The molecular formula is C29H21N2O3+. The quantitative estimate of drug-likeness (QED) is 0.268. The molecule has 1 aliphatic rings. The van der Waals surface area contributed by atoms with Gasteiger partial charge in [-0.3, -0.25) is 9.59 Å². The summed E-state index contributed by atoms with van der Waals surface area (Å²) in [6.07, 6.45) is 3.75. The molecule has 5 heteroatoms. The molecular weight excluding hydrogens is 424 g/mol. The number of rotatable bonds is 4. The molecule has 0 saturated heterocycles. The van der Waals surface area contributed by atoms with Gasteiger partial charge in [0, 0.05) is 28.8 Å². The molecule has 3 aromatic carbocycles. The number of nitrogens with zero attached hydrogens (tertiary/aromatic N) is 2. The van der Waals surface area contributed by atoms with Crippen LogP contribution in [0.25, 0.3) is 0 Å². The molecule has 2 heterocycles. The van der Waals surface area contributed by atoms with E-state index in [4.69, 9.17) is 4.74 Å². The molecule has 0 fully saturated rings. The molecule has 34 heavy (non-hydrogen) atoms. The van der Waals surface area contributed by atoms with Gasteiger partial charge >= 0.3 is 0 Å². The highest BCUT2D eigenvalue weighted by Gasteiger charge is 2.37. The third kappa shape index (κ3) is 4.17. The largest absolute Gasteiger partial charge is 0.497 e. The van der Waals surface area contributed by atoms with Gasteiger partial charge in [-0.1, -0.05) is 42.2 Å². The lowest BCUT2D eigenvalue weighted by Gasteiger charge is -2.12. The van der Waals surface area contributed by atoms with Gasteiger partial charge in [0.15, 0.2) is 18.9 Å². The summed E-state index contributed by atoms with van der Waals surface area (Å²) in [7, 11) is 1.62. The molecule has 0 radical (unpaired) electrons. The van der Waals surface area contributed by atoms with Crippen LogP contribution in [-0.4, -0.2) is 18.9 Å². The summed E-state index contributed by atoms with van der Waals surface area (Å²) < 4.78 is 7.16. The Balaban J connectivity index is 1.36. The van der Waals surface area contributed by atoms with E-state index in [1.807, 2.05) is 59.4 Å². The number of carbonyl (C=O) groups excluding carboxylic acids is 2. The lowest BCUT2D eigenvalue weighted by atomic mass is 10.1. The fraction of sp³-hybridized carbons (Fsp3) is 0.0690. The third-order valence-electron chi connectivity index (χ3n) is 5.67. The van der Waals surface area contributed by atoms with Crippen LogP contribution >= 0.6 is 0 Å². The summed E-state index contributed by atoms with van der Waals surface area (Å²) in [5.41, 5.74) is 3.98. The van der Waals surface area contributed by atoms with E-state index in [1.165, 1.54) is 10.5 Å². The van der Waals surface area contributed by atoms with Crippen LogP contribution in [0.4, 0.5) is 5.69 Å². The summed E-state index contributed by atoms with van der Waals surface area (Å²) in [4.78, 5) is 27.3. The van der Waals surface area contributed by atoms with Gasteiger partial charge in [-0.05, 0) is 42.5 Å². The maximum Gasteiger partial charge on any atom is 0.266 e. The van der Waals surface area contributed by atoms with E-state index in [0.29, 0.717) is 28.9 Å². The number of aromatic nitrogens is 1. The zero-order chi connectivity index (χ0) is 23.5. The number of hydrogen-bond donors (Lipinski definition) is 0. The van der Waals surface area contributed by atoms with E-state index >= 15 is 0 Å². The zero-order valence-electron chi connectivity index (χ0n) is 18.6. The maximum absolute atomic E-state index is 13.1. The number of imide groups is 1. The van der Waals surface area contributed by atoms with Crippen molar-refractivity contribution in [1.29, 1.82) is 0 Å². The summed E-state index contributed by atoms with van der Waals surface area (Å²) in [5, 5.41) is 0. The number of ether oxygens (including phenoxy) is 1. The van der Waals surface area contributed by atoms with Crippen molar-refractivity contribution in [2.45, 2.75) is 6.54 Å². The molecule has 0 spiro atoms. The minimum Gasteiger partial charge on any atom is -0.497 e. The molecule has 164 valence electrons. The first-order valence-corrected chi connectivity index (χ1v) is 10.8. The molecule has 0 N–H and O–H groups in total. The minimum atomic E-state index is -0.339. The number of anilines is 1. The summed E-state index contributed by atoms with van der Waals surface area (Å²) in [5.74, 6) is 6.25. The SMILES string of the molecule is COc1ccc(C#Cc2ccc3c(c2)C(=O)N(c2cc[n+](Cc4ccccc4)cc2)C3=O)cc1. The third-order valence-corrected chi connectivity index (χ3v) is 5.67. The first kappa shape index (κ1) is 21.2. The molecule has 4 aromatic rings. The van der Waals surface area contributed by atoms with Crippen molar-refractivity contribution in [2.24, 2.45) is 0 Å². The number of amides is 2. The predicted molar refractivity (Wildman–Crippen MR) is 129 cm³/mol. The average Bonchev–Trinajstić information content (AvgIpc) is 3.13. The average molecular weight is 445 g/mol. The van der Waals surface area contributed by atoms with Crippen molar-refractivity contribution < 1.29 is 18.9 Å². The summed E-state index contributed by atoms with van der Waals surface area (Å²) in [6.45, 7) is 0.708. The van der Waals surface area contributed by atoms with Crippen LogP contribution in [-0.2, 0) is 6.54 Å². The number of pyridine rings is 1. The van der Waals surface area contributed by atoms with Crippen LogP contribution in [0.2, 0.25) is 0 Å². The first-order chi connectivity index (χ1) is 16.6. The maximum atomic E-state index is 13.1. The molecule has 0 atom stereocenters. The van der Waals surface area contributed by atoms with Crippen molar-refractivity contribution in [3.05, 3.63) is 125 Å². The normalized spacial score (nSPS) is 12.2. The first-order valence-electron chi connectivity index (χ1n) is 10.8. The Kier molecular flexibility index (Phi) is 5.63. The molecule has 0 aliphatic carbocycles. The predicted octanol–water partition coefficient (Wildman–Crippen LogP) is 4.23. The van der Waals surface area contributed by atoms with Gasteiger partial charge in [0.05, 0.1) is 23.9 Å². The Morgan fingerprint density at radius 1 is 0.765 bits per heavy atom. The highest BCUT2D eigenvalue weighted by molar-refractivity contribution is 6.34. The summed E-state index contributed by atoms with van der Waals surface area (Å²) >= 11 is 0. The molecule has 0 saturated carbocycles. The van der Waals surface area contributed by atoms with E-state index < -0.39 is 0 Å². The Morgan fingerprint density at radius 2 is 1.41 bits per heavy atom. The molecule has 0 bridgehead atoms. The van der Waals surface area contributed by atoms with Crippen molar-refractivity contribution in [3.63, 3.8) is 0 Å². The Bertz CT molecular complexity index is 1430. The number of methoxy groups -OCH3 is 1. The van der Waals surface area contributed by atoms with Gasteiger partial charge in [-0.15, -0.1) is 0 Å². The Hall–Kier alpha value is -4.69. The second kappa shape index (κ2) is 9.05.